The molecule has 0 aliphatic rings. The minimum atomic E-state index is -0.742. The van der Waals surface area contributed by atoms with Gasteiger partial charge in [-0.25, -0.2) is 4.79 Å². The zero-order valence-electron chi connectivity index (χ0n) is 16.8. The molecule has 4 N–H and O–H groups in total. The number of amides is 4. The lowest BCUT2D eigenvalue weighted by molar-refractivity contribution is -0.123. The molecule has 1 heterocycles. The van der Waals surface area contributed by atoms with Crippen LogP contribution >= 0.6 is 0 Å². The van der Waals surface area contributed by atoms with Gasteiger partial charge < -0.3 is 21.3 Å². The van der Waals surface area contributed by atoms with Crippen molar-refractivity contribution < 1.29 is 14.4 Å². The van der Waals surface area contributed by atoms with Crippen LogP contribution in [0.25, 0.3) is 0 Å². The monoisotopic (exact) mass is 408 g/mol. The molecule has 1 atom stereocenters. The second kappa shape index (κ2) is 11.2. The van der Waals surface area contributed by atoms with E-state index in [4.69, 9.17) is 5.26 Å². The Balaban J connectivity index is 1.96. The van der Waals surface area contributed by atoms with Crippen LogP contribution < -0.4 is 21.3 Å². The molecule has 0 aliphatic heterocycles. The lowest BCUT2D eigenvalue weighted by Gasteiger charge is -2.19. The van der Waals surface area contributed by atoms with Crippen LogP contribution in [0.4, 0.5) is 16.2 Å². The van der Waals surface area contributed by atoms with Gasteiger partial charge in [0.05, 0.1) is 18.0 Å². The first-order valence-electron chi connectivity index (χ1n) is 9.42. The number of nitrogens with zero attached hydrogens (tertiary/aromatic N) is 2. The van der Waals surface area contributed by atoms with E-state index in [1.807, 2.05) is 19.9 Å². The Morgan fingerprint density at radius 2 is 1.77 bits per heavy atom. The summed E-state index contributed by atoms with van der Waals surface area (Å²) in [5, 5.41) is 19.1. The van der Waals surface area contributed by atoms with Crippen molar-refractivity contribution >= 4 is 29.2 Å². The fourth-order valence-corrected chi connectivity index (χ4v) is 2.63. The normalized spacial score (nSPS) is 11.1. The Labute approximate surface area is 174 Å². The van der Waals surface area contributed by atoms with Crippen molar-refractivity contribution in [2.75, 3.05) is 17.2 Å². The van der Waals surface area contributed by atoms with Gasteiger partial charge in [-0.1, -0.05) is 13.8 Å². The van der Waals surface area contributed by atoms with Crippen LogP contribution in [0.3, 0.4) is 0 Å². The van der Waals surface area contributed by atoms with Crippen LogP contribution in [0, 0.1) is 17.2 Å². The number of pyridine rings is 1. The van der Waals surface area contributed by atoms with Crippen LogP contribution in [0.15, 0.2) is 48.8 Å². The lowest BCUT2D eigenvalue weighted by Crippen LogP contribution is -2.47. The molecule has 4 amide bonds. The summed E-state index contributed by atoms with van der Waals surface area (Å²) in [6.07, 6.45) is 3.57. The van der Waals surface area contributed by atoms with Gasteiger partial charge in [0.1, 0.15) is 12.6 Å². The summed E-state index contributed by atoms with van der Waals surface area (Å²) in [7, 11) is 0. The van der Waals surface area contributed by atoms with Gasteiger partial charge >= 0.3 is 6.03 Å². The molecule has 2 aromatic rings. The molecule has 1 aromatic carbocycles. The van der Waals surface area contributed by atoms with Crippen LogP contribution in [0.2, 0.25) is 0 Å². The predicted molar refractivity (Wildman–Crippen MR) is 113 cm³/mol. The van der Waals surface area contributed by atoms with E-state index in [0.717, 1.165) is 0 Å². The zero-order chi connectivity index (χ0) is 21.9. The number of carbonyl (C=O) groups is 3. The minimum Gasteiger partial charge on any atom is -0.341 e. The number of nitrogens with one attached hydrogen (secondary N) is 4. The number of hydrogen-bond acceptors (Lipinski definition) is 5. The number of benzene rings is 1. The van der Waals surface area contributed by atoms with Crippen molar-refractivity contribution in [1.29, 1.82) is 5.26 Å². The molecule has 0 fully saturated rings. The van der Waals surface area contributed by atoms with E-state index in [0.29, 0.717) is 23.4 Å². The van der Waals surface area contributed by atoms with Crippen molar-refractivity contribution in [3.05, 3.63) is 54.4 Å². The Hall–Kier alpha value is -3.93. The van der Waals surface area contributed by atoms with Gasteiger partial charge in [0, 0.05) is 17.4 Å². The number of anilines is 2. The molecule has 156 valence electrons. The van der Waals surface area contributed by atoms with Crippen molar-refractivity contribution in [3.63, 3.8) is 0 Å². The first kappa shape index (κ1) is 22.4. The fraction of sp³-hybridized carbons (Fsp3) is 0.286. The Morgan fingerprint density at radius 1 is 1.07 bits per heavy atom. The Kier molecular flexibility index (Phi) is 8.32. The summed E-state index contributed by atoms with van der Waals surface area (Å²) >= 11 is 0. The number of carbonyl (C=O) groups excluding carboxylic acids is 3. The van der Waals surface area contributed by atoms with E-state index >= 15 is 0 Å². The van der Waals surface area contributed by atoms with E-state index < -0.39 is 23.9 Å². The standard InChI is InChI=1S/C21H24N6O3/c1-14(2)12-18(20(29)24-11-9-22)27-19(28)15-5-7-16(8-6-15)25-21(30)26-17-4-3-10-23-13-17/h3-8,10,13-14,18H,11-12H2,1-2H3,(H,24,29)(H,27,28)(H2,25,26,30). The molecule has 0 radical (unpaired) electrons. The van der Waals surface area contributed by atoms with Gasteiger partial charge in [0.15, 0.2) is 0 Å². The second-order valence-corrected chi connectivity index (χ2v) is 6.93. The molecule has 30 heavy (non-hydrogen) atoms. The number of aromatic nitrogens is 1. The minimum absolute atomic E-state index is 0.120. The summed E-state index contributed by atoms with van der Waals surface area (Å²) in [5.74, 6) is -0.642. The van der Waals surface area contributed by atoms with Crippen molar-refractivity contribution in [1.82, 2.24) is 15.6 Å². The predicted octanol–water partition coefficient (Wildman–Crippen LogP) is 2.51. The summed E-state index contributed by atoms with van der Waals surface area (Å²) in [5.41, 5.74) is 1.39. The molecule has 1 unspecified atom stereocenters. The van der Waals surface area contributed by atoms with E-state index in [2.05, 4.69) is 26.3 Å². The third kappa shape index (κ3) is 7.24. The maximum atomic E-state index is 12.5. The molecule has 0 spiro atoms. The van der Waals surface area contributed by atoms with E-state index in [-0.39, 0.29) is 12.5 Å². The second-order valence-electron chi connectivity index (χ2n) is 6.93. The van der Waals surface area contributed by atoms with E-state index in [1.54, 1.807) is 42.6 Å². The fourth-order valence-electron chi connectivity index (χ4n) is 2.63. The average Bonchev–Trinajstić information content (AvgIpc) is 2.72. The highest BCUT2D eigenvalue weighted by Crippen LogP contribution is 2.12. The third-order valence-corrected chi connectivity index (χ3v) is 3.99. The molecule has 0 saturated heterocycles. The quantitative estimate of drug-likeness (QED) is 0.498. The zero-order valence-corrected chi connectivity index (χ0v) is 16.8. The molecular formula is C21H24N6O3. The molecule has 0 bridgehead atoms. The smallest absolute Gasteiger partial charge is 0.323 e. The lowest BCUT2D eigenvalue weighted by atomic mass is 10.0. The highest BCUT2D eigenvalue weighted by atomic mass is 16.2. The summed E-state index contributed by atoms with van der Waals surface area (Å²) < 4.78 is 0. The molecular weight excluding hydrogens is 384 g/mol. The van der Waals surface area contributed by atoms with Gasteiger partial charge in [0.2, 0.25) is 5.91 Å². The summed E-state index contributed by atoms with van der Waals surface area (Å²) in [6, 6.07) is 10.4. The highest BCUT2D eigenvalue weighted by molar-refractivity contribution is 6.01. The highest BCUT2D eigenvalue weighted by Gasteiger charge is 2.22. The average molecular weight is 408 g/mol. The van der Waals surface area contributed by atoms with Gasteiger partial charge in [-0.3, -0.25) is 14.6 Å². The number of hydrogen-bond donors (Lipinski definition) is 4. The number of urea groups is 1. The van der Waals surface area contributed by atoms with Crippen LogP contribution in [-0.2, 0) is 4.79 Å². The molecule has 9 heteroatoms. The first-order valence-corrected chi connectivity index (χ1v) is 9.42. The maximum absolute atomic E-state index is 12.5. The van der Waals surface area contributed by atoms with Gasteiger partial charge in [0.25, 0.3) is 5.91 Å². The van der Waals surface area contributed by atoms with Gasteiger partial charge in [-0.2, -0.15) is 5.26 Å². The Morgan fingerprint density at radius 3 is 2.37 bits per heavy atom. The largest absolute Gasteiger partial charge is 0.341 e. The number of nitriles is 1. The van der Waals surface area contributed by atoms with Crippen molar-refractivity contribution in [2.45, 2.75) is 26.3 Å². The van der Waals surface area contributed by atoms with Gasteiger partial charge in [-0.15, -0.1) is 0 Å². The Bertz CT molecular complexity index is 907. The van der Waals surface area contributed by atoms with Crippen LogP contribution in [0.1, 0.15) is 30.6 Å². The third-order valence-electron chi connectivity index (χ3n) is 3.99. The van der Waals surface area contributed by atoms with Crippen molar-refractivity contribution in [3.8, 4) is 6.07 Å². The van der Waals surface area contributed by atoms with Crippen LogP contribution in [-0.4, -0.2) is 35.4 Å². The van der Waals surface area contributed by atoms with Crippen LogP contribution in [0.5, 0.6) is 0 Å². The molecule has 0 saturated carbocycles. The van der Waals surface area contributed by atoms with E-state index in [9.17, 15) is 14.4 Å². The maximum Gasteiger partial charge on any atom is 0.323 e. The molecule has 9 nitrogen and oxygen atoms in total. The van der Waals surface area contributed by atoms with Gasteiger partial charge in [-0.05, 0) is 48.7 Å². The topological polar surface area (TPSA) is 136 Å². The molecule has 2 rings (SSSR count). The number of rotatable bonds is 8. The first-order chi connectivity index (χ1) is 14.4. The van der Waals surface area contributed by atoms with Crippen molar-refractivity contribution in [2.24, 2.45) is 5.92 Å². The summed E-state index contributed by atoms with van der Waals surface area (Å²) in [6.45, 7) is 3.76. The molecule has 1 aromatic heterocycles. The van der Waals surface area contributed by atoms with E-state index in [1.165, 1.54) is 6.20 Å². The SMILES string of the molecule is CC(C)CC(NC(=O)c1ccc(NC(=O)Nc2cccnc2)cc1)C(=O)NCC#N. The summed E-state index contributed by atoms with van der Waals surface area (Å²) in [4.78, 5) is 40.6. The molecule has 0 aliphatic carbocycles.